The van der Waals surface area contributed by atoms with E-state index in [1.54, 1.807) is 0 Å². The molecule has 2 heterocycles. The molecule has 0 atom stereocenters. The zero-order valence-electron chi connectivity index (χ0n) is 6.48. The van der Waals surface area contributed by atoms with Gasteiger partial charge in [-0.05, 0) is 0 Å². The molecular formula is C6H7N5O. The molecule has 0 unspecified atom stereocenters. The lowest BCUT2D eigenvalue weighted by molar-refractivity contribution is 0.511. The van der Waals surface area contributed by atoms with Crippen molar-refractivity contribution in [2.45, 2.75) is 13.3 Å². The average Bonchev–Trinajstić information content (AvgIpc) is 2.75. The minimum absolute atomic E-state index is 0.403. The van der Waals surface area contributed by atoms with Gasteiger partial charge in [-0.15, -0.1) is 10.2 Å². The summed E-state index contributed by atoms with van der Waals surface area (Å²) < 4.78 is 5.23. The molecule has 0 spiro atoms. The highest BCUT2D eigenvalue weighted by molar-refractivity contribution is 5.42. The van der Waals surface area contributed by atoms with Crippen molar-refractivity contribution in [1.82, 2.24) is 25.6 Å². The van der Waals surface area contributed by atoms with Crippen LogP contribution in [-0.4, -0.2) is 25.6 Å². The molecule has 0 fully saturated rings. The molecule has 0 aliphatic heterocycles. The second kappa shape index (κ2) is 2.72. The summed E-state index contributed by atoms with van der Waals surface area (Å²) in [6, 6.07) is 0. The largest absolute Gasteiger partial charge is 0.419 e. The van der Waals surface area contributed by atoms with Gasteiger partial charge >= 0.3 is 0 Å². The van der Waals surface area contributed by atoms with E-state index in [4.69, 9.17) is 4.42 Å². The Morgan fingerprint density at radius 3 is 3.00 bits per heavy atom. The van der Waals surface area contributed by atoms with E-state index in [0.717, 1.165) is 6.42 Å². The van der Waals surface area contributed by atoms with E-state index in [9.17, 15) is 0 Å². The molecular weight excluding hydrogens is 158 g/mol. The van der Waals surface area contributed by atoms with Crippen LogP contribution in [0.3, 0.4) is 0 Å². The van der Waals surface area contributed by atoms with Crippen molar-refractivity contribution in [2.75, 3.05) is 0 Å². The second-order valence-corrected chi connectivity index (χ2v) is 2.21. The highest BCUT2D eigenvalue weighted by atomic mass is 16.4. The SMILES string of the molecule is CCc1nnc(-c2cn[nH]n2)o1. The average molecular weight is 165 g/mol. The van der Waals surface area contributed by atoms with E-state index in [1.807, 2.05) is 6.92 Å². The minimum atomic E-state index is 0.403. The summed E-state index contributed by atoms with van der Waals surface area (Å²) in [5.74, 6) is 1.01. The number of H-pyrrole nitrogens is 1. The Bertz CT molecular complexity index is 352. The van der Waals surface area contributed by atoms with Gasteiger partial charge in [0.25, 0.3) is 5.89 Å². The van der Waals surface area contributed by atoms with Crippen molar-refractivity contribution in [3.8, 4) is 11.6 Å². The number of nitrogens with zero attached hydrogens (tertiary/aromatic N) is 4. The highest BCUT2D eigenvalue weighted by Crippen LogP contribution is 2.12. The van der Waals surface area contributed by atoms with Gasteiger partial charge in [0, 0.05) is 6.42 Å². The predicted molar refractivity (Wildman–Crippen MR) is 39.1 cm³/mol. The van der Waals surface area contributed by atoms with Gasteiger partial charge in [0.05, 0.1) is 6.20 Å². The number of aromatic amines is 1. The summed E-state index contributed by atoms with van der Waals surface area (Å²) in [4.78, 5) is 0. The zero-order chi connectivity index (χ0) is 8.39. The van der Waals surface area contributed by atoms with Crippen LogP contribution in [0, 0.1) is 0 Å². The van der Waals surface area contributed by atoms with Crippen LogP contribution in [0.1, 0.15) is 12.8 Å². The number of nitrogens with one attached hydrogen (secondary N) is 1. The quantitative estimate of drug-likeness (QED) is 0.697. The molecule has 0 bridgehead atoms. The van der Waals surface area contributed by atoms with Crippen LogP contribution in [0.15, 0.2) is 10.6 Å². The third-order valence-electron chi connectivity index (χ3n) is 1.40. The van der Waals surface area contributed by atoms with Gasteiger partial charge in [-0.1, -0.05) is 6.92 Å². The number of hydrogen-bond donors (Lipinski definition) is 1. The maximum Gasteiger partial charge on any atom is 0.269 e. The van der Waals surface area contributed by atoms with Gasteiger partial charge < -0.3 is 4.42 Å². The van der Waals surface area contributed by atoms with Crippen molar-refractivity contribution in [1.29, 1.82) is 0 Å². The first-order valence-corrected chi connectivity index (χ1v) is 3.58. The van der Waals surface area contributed by atoms with Crippen LogP contribution in [0.2, 0.25) is 0 Å². The first-order valence-electron chi connectivity index (χ1n) is 3.58. The van der Waals surface area contributed by atoms with Crippen molar-refractivity contribution < 1.29 is 4.42 Å². The van der Waals surface area contributed by atoms with E-state index in [-0.39, 0.29) is 0 Å². The van der Waals surface area contributed by atoms with Crippen LogP contribution < -0.4 is 0 Å². The molecule has 1 N–H and O–H groups in total. The van der Waals surface area contributed by atoms with Crippen molar-refractivity contribution in [2.24, 2.45) is 0 Å². The zero-order valence-corrected chi connectivity index (χ0v) is 6.48. The van der Waals surface area contributed by atoms with Gasteiger partial charge in [-0.2, -0.15) is 15.4 Å². The summed E-state index contributed by atoms with van der Waals surface area (Å²) in [5.41, 5.74) is 0.571. The van der Waals surface area contributed by atoms with E-state index in [0.29, 0.717) is 17.5 Å². The fourth-order valence-corrected chi connectivity index (χ4v) is 0.805. The molecule has 2 aromatic heterocycles. The molecule has 0 aliphatic carbocycles. The monoisotopic (exact) mass is 165 g/mol. The van der Waals surface area contributed by atoms with Crippen molar-refractivity contribution in [3.63, 3.8) is 0 Å². The molecule has 6 nitrogen and oxygen atoms in total. The molecule has 0 saturated heterocycles. The van der Waals surface area contributed by atoms with Crippen LogP contribution in [0.5, 0.6) is 0 Å². The Kier molecular flexibility index (Phi) is 1.58. The predicted octanol–water partition coefficient (Wildman–Crippen LogP) is 0.417. The molecule has 0 amide bonds. The molecule has 0 radical (unpaired) electrons. The topological polar surface area (TPSA) is 80.5 Å². The van der Waals surface area contributed by atoms with E-state index in [2.05, 4.69) is 25.6 Å². The lowest BCUT2D eigenvalue weighted by atomic mass is 10.5. The number of aryl methyl sites for hydroxylation is 1. The standard InChI is InChI=1S/C6H7N5O/c1-2-5-9-10-6(12-5)4-3-7-11-8-4/h3H,2H2,1H3,(H,7,8,11). The second-order valence-electron chi connectivity index (χ2n) is 2.21. The summed E-state index contributed by atoms with van der Waals surface area (Å²) >= 11 is 0. The van der Waals surface area contributed by atoms with Crippen LogP contribution in [-0.2, 0) is 6.42 Å². The first kappa shape index (κ1) is 6.96. The Labute approximate surface area is 68.0 Å². The maximum absolute atomic E-state index is 5.23. The summed E-state index contributed by atoms with van der Waals surface area (Å²) in [6.45, 7) is 1.94. The fraction of sp³-hybridized carbons (Fsp3) is 0.333. The summed E-state index contributed by atoms with van der Waals surface area (Å²) in [7, 11) is 0. The molecule has 6 heteroatoms. The molecule has 12 heavy (non-hydrogen) atoms. The molecule has 0 saturated carbocycles. The highest BCUT2D eigenvalue weighted by Gasteiger charge is 2.08. The Morgan fingerprint density at radius 2 is 2.42 bits per heavy atom. The van der Waals surface area contributed by atoms with Crippen LogP contribution in [0.4, 0.5) is 0 Å². The molecule has 2 rings (SSSR count). The number of rotatable bonds is 2. The van der Waals surface area contributed by atoms with Crippen LogP contribution in [0.25, 0.3) is 11.6 Å². The lowest BCUT2D eigenvalue weighted by Crippen LogP contribution is -1.77. The third-order valence-corrected chi connectivity index (χ3v) is 1.40. The summed E-state index contributed by atoms with van der Waals surface area (Å²) in [6.07, 6.45) is 2.26. The smallest absolute Gasteiger partial charge is 0.269 e. The minimum Gasteiger partial charge on any atom is -0.419 e. The van der Waals surface area contributed by atoms with E-state index >= 15 is 0 Å². The van der Waals surface area contributed by atoms with Gasteiger partial charge in [-0.3, -0.25) is 0 Å². The Morgan fingerprint density at radius 1 is 1.50 bits per heavy atom. The number of hydrogen-bond acceptors (Lipinski definition) is 5. The fourth-order valence-electron chi connectivity index (χ4n) is 0.805. The lowest BCUT2D eigenvalue weighted by Gasteiger charge is -1.82. The van der Waals surface area contributed by atoms with Gasteiger partial charge in [0.1, 0.15) is 0 Å². The number of aromatic nitrogens is 5. The molecule has 0 aliphatic rings. The Hall–Kier alpha value is -1.72. The summed E-state index contributed by atoms with van der Waals surface area (Å²) in [5, 5.41) is 17.5. The Balaban J connectivity index is 2.35. The molecule has 62 valence electrons. The van der Waals surface area contributed by atoms with Crippen molar-refractivity contribution in [3.05, 3.63) is 12.1 Å². The van der Waals surface area contributed by atoms with Crippen molar-refractivity contribution >= 4 is 0 Å². The van der Waals surface area contributed by atoms with Crippen LogP contribution >= 0.6 is 0 Å². The van der Waals surface area contributed by atoms with Gasteiger partial charge in [0.15, 0.2) is 5.69 Å². The third kappa shape index (κ3) is 1.07. The molecule has 0 aromatic carbocycles. The van der Waals surface area contributed by atoms with E-state index in [1.165, 1.54) is 6.20 Å². The van der Waals surface area contributed by atoms with Gasteiger partial charge in [-0.25, -0.2) is 0 Å². The normalized spacial score (nSPS) is 10.4. The van der Waals surface area contributed by atoms with Gasteiger partial charge in [0.2, 0.25) is 5.89 Å². The molecule has 2 aromatic rings. The first-order chi connectivity index (χ1) is 5.90. The maximum atomic E-state index is 5.23. The van der Waals surface area contributed by atoms with E-state index < -0.39 is 0 Å².